The normalized spacial score (nSPS) is 14.3. The number of carbonyl (C=O) groups excluding carboxylic acids is 2. The fourth-order valence-electron chi connectivity index (χ4n) is 3.87. The molecule has 1 aliphatic rings. The quantitative estimate of drug-likeness (QED) is 0.315. The monoisotopic (exact) mass is 538 g/mol. The number of benzene rings is 2. The second kappa shape index (κ2) is 10.3. The summed E-state index contributed by atoms with van der Waals surface area (Å²) in [5, 5.41) is 3.78. The van der Waals surface area contributed by atoms with Crippen LogP contribution in [0.25, 0.3) is 21.3 Å². The van der Waals surface area contributed by atoms with E-state index >= 15 is 0 Å². The third kappa shape index (κ3) is 6.00. The number of fused-ring (bicyclic) bond motifs is 1. The van der Waals surface area contributed by atoms with Crippen LogP contribution in [0.2, 0.25) is 0 Å². The van der Waals surface area contributed by atoms with Crippen LogP contribution in [0.5, 0.6) is 0 Å². The van der Waals surface area contributed by atoms with Crippen molar-refractivity contribution in [2.45, 2.75) is 29.9 Å². The average molecular weight is 539 g/mol. The molecule has 5 rings (SSSR count). The van der Waals surface area contributed by atoms with Gasteiger partial charge in [-0.25, -0.2) is 18.4 Å². The average Bonchev–Trinajstić information content (AvgIpc) is 3.59. The van der Waals surface area contributed by atoms with Crippen LogP contribution < -0.4 is 10.6 Å². The number of thiazole rings is 1. The van der Waals surface area contributed by atoms with E-state index in [1.165, 1.54) is 12.3 Å². The van der Waals surface area contributed by atoms with Crippen LogP contribution in [-0.4, -0.2) is 42.8 Å². The molecule has 2 aromatic heterocycles. The van der Waals surface area contributed by atoms with Gasteiger partial charge in [0.15, 0.2) is 15.1 Å². The highest BCUT2D eigenvalue weighted by Gasteiger charge is 2.37. The standard InChI is InChI=1S/C26H23FN4O4S2/c27-22-11-7-18(13-28-22)17-6-10-20-21(12-17)36-26(31-20)24(25(33)29-14-23(32)30-19-8-9-19)37(34,35)15-16-4-2-1-3-5-16/h1-7,10-13,19,24H,8-9,14-15H2,(H,29,33)(H,30,32). The summed E-state index contributed by atoms with van der Waals surface area (Å²) in [6.45, 7) is -0.320. The number of sulfone groups is 1. The molecule has 1 aliphatic carbocycles. The van der Waals surface area contributed by atoms with Gasteiger partial charge in [0.25, 0.3) is 0 Å². The van der Waals surface area contributed by atoms with E-state index in [1.54, 1.807) is 54.6 Å². The molecule has 1 fully saturated rings. The first kappa shape index (κ1) is 25.0. The lowest BCUT2D eigenvalue weighted by Gasteiger charge is -2.16. The zero-order valence-electron chi connectivity index (χ0n) is 19.6. The van der Waals surface area contributed by atoms with Crippen LogP contribution in [0, 0.1) is 5.95 Å². The van der Waals surface area contributed by atoms with Gasteiger partial charge in [-0.3, -0.25) is 9.59 Å². The number of amides is 2. The van der Waals surface area contributed by atoms with Gasteiger partial charge in [-0.05, 0) is 48.2 Å². The third-order valence-corrected chi connectivity index (χ3v) is 8.99. The SMILES string of the molecule is O=C(CNC(=O)C(c1nc2ccc(-c3ccc(F)nc3)cc2s1)S(=O)(=O)Cc1ccccc1)NC1CC1. The molecular formula is C26H23FN4O4S2. The minimum absolute atomic E-state index is 0.111. The largest absolute Gasteiger partial charge is 0.352 e. The van der Waals surface area contributed by atoms with Crippen molar-refractivity contribution in [3.05, 3.63) is 83.4 Å². The maximum absolute atomic E-state index is 13.5. The molecule has 1 atom stereocenters. The molecule has 2 aromatic carbocycles. The molecule has 1 saturated carbocycles. The van der Waals surface area contributed by atoms with E-state index < -0.39 is 26.9 Å². The van der Waals surface area contributed by atoms with Gasteiger partial charge in [0.05, 0.1) is 22.5 Å². The highest BCUT2D eigenvalue weighted by atomic mass is 32.2. The second-order valence-electron chi connectivity index (χ2n) is 8.84. The van der Waals surface area contributed by atoms with Gasteiger partial charge in [0, 0.05) is 17.8 Å². The van der Waals surface area contributed by atoms with E-state index in [0.29, 0.717) is 21.3 Å². The molecule has 2 heterocycles. The molecule has 0 spiro atoms. The molecule has 0 saturated heterocycles. The summed E-state index contributed by atoms with van der Waals surface area (Å²) in [7, 11) is -4.05. The van der Waals surface area contributed by atoms with Crippen molar-refractivity contribution in [3.8, 4) is 11.1 Å². The van der Waals surface area contributed by atoms with Crippen molar-refractivity contribution < 1.29 is 22.4 Å². The van der Waals surface area contributed by atoms with Crippen LogP contribution in [0.4, 0.5) is 4.39 Å². The van der Waals surface area contributed by atoms with Gasteiger partial charge in [-0.15, -0.1) is 11.3 Å². The number of halogens is 1. The predicted molar refractivity (Wildman–Crippen MR) is 139 cm³/mol. The van der Waals surface area contributed by atoms with Gasteiger partial charge in [0.2, 0.25) is 17.8 Å². The van der Waals surface area contributed by atoms with Crippen LogP contribution in [0.15, 0.2) is 66.9 Å². The lowest BCUT2D eigenvalue weighted by atomic mass is 10.1. The number of rotatable bonds is 9. The number of aromatic nitrogens is 2. The smallest absolute Gasteiger partial charge is 0.245 e. The Bertz CT molecular complexity index is 1550. The van der Waals surface area contributed by atoms with Gasteiger partial charge >= 0.3 is 0 Å². The zero-order valence-corrected chi connectivity index (χ0v) is 21.2. The maximum Gasteiger partial charge on any atom is 0.245 e. The van der Waals surface area contributed by atoms with Crippen LogP contribution >= 0.6 is 11.3 Å². The van der Waals surface area contributed by atoms with Gasteiger partial charge < -0.3 is 10.6 Å². The Morgan fingerprint density at radius 3 is 2.51 bits per heavy atom. The molecule has 37 heavy (non-hydrogen) atoms. The van der Waals surface area contributed by atoms with Gasteiger partial charge in [-0.2, -0.15) is 4.39 Å². The van der Waals surface area contributed by atoms with Gasteiger partial charge in [-0.1, -0.05) is 36.4 Å². The lowest BCUT2D eigenvalue weighted by molar-refractivity contribution is -0.126. The molecule has 11 heteroatoms. The zero-order chi connectivity index (χ0) is 26.0. The Labute approximate surface area is 216 Å². The Morgan fingerprint density at radius 1 is 1.05 bits per heavy atom. The first-order chi connectivity index (χ1) is 17.8. The Morgan fingerprint density at radius 2 is 1.81 bits per heavy atom. The van der Waals surface area contributed by atoms with Crippen LogP contribution in [-0.2, 0) is 25.2 Å². The number of hydrogen-bond acceptors (Lipinski definition) is 7. The summed E-state index contributed by atoms with van der Waals surface area (Å²) in [6, 6.07) is 16.9. The van der Waals surface area contributed by atoms with Crippen molar-refractivity contribution in [3.63, 3.8) is 0 Å². The highest BCUT2D eigenvalue weighted by Crippen LogP contribution is 2.35. The van der Waals surface area contributed by atoms with Crippen molar-refractivity contribution in [1.82, 2.24) is 20.6 Å². The lowest BCUT2D eigenvalue weighted by Crippen LogP contribution is -2.41. The molecule has 1 unspecified atom stereocenters. The number of nitrogens with zero attached hydrogens (tertiary/aromatic N) is 2. The fraction of sp³-hybridized carbons (Fsp3) is 0.231. The second-order valence-corrected chi connectivity index (χ2v) is 12.0. The molecule has 2 N–H and O–H groups in total. The van der Waals surface area contributed by atoms with E-state index in [-0.39, 0.29) is 29.3 Å². The number of carbonyl (C=O) groups is 2. The minimum atomic E-state index is -4.05. The summed E-state index contributed by atoms with van der Waals surface area (Å²) in [6.07, 6.45) is 3.20. The Balaban J connectivity index is 1.46. The Hall–Kier alpha value is -3.70. The van der Waals surface area contributed by atoms with E-state index in [1.807, 2.05) is 0 Å². The van der Waals surface area contributed by atoms with Crippen molar-refractivity contribution in [1.29, 1.82) is 0 Å². The molecular weight excluding hydrogens is 515 g/mol. The first-order valence-corrected chi connectivity index (χ1v) is 14.2. The molecule has 8 nitrogen and oxygen atoms in total. The van der Waals surface area contributed by atoms with Crippen LogP contribution in [0.1, 0.15) is 28.7 Å². The van der Waals surface area contributed by atoms with E-state index in [2.05, 4.69) is 20.6 Å². The fourth-order valence-corrected chi connectivity index (χ4v) is 7.03. The van der Waals surface area contributed by atoms with E-state index in [4.69, 9.17) is 0 Å². The molecule has 4 aromatic rings. The topological polar surface area (TPSA) is 118 Å². The van der Waals surface area contributed by atoms with Gasteiger partial charge in [0.1, 0.15) is 5.01 Å². The van der Waals surface area contributed by atoms with E-state index in [9.17, 15) is 22.4 Å². The number of nitrogens with one attached hydrogen (secondary N) is 2. The number of pyridine rings is 1. The van der Waals surface area contributed by atoms with Crippen molar-refractivity contribution >= 4 is 43.2 Å². The van der Waals surface area contributed by atoms with Crippen molar-refractivity contribution in [2.24, 2.45) is 0 Å². The minimum Gasteiger partial charge on any atom is -0.352 e. The van der Waals surface area contributed by atoms with Crippen LogP contribution in [0.3, 0.4) is 0 Å². The van der Waals surface area contributed by atoms with Crippen molar-refractivity contribution in [2.75, 3.05) is 6.54 Å². The summed E-state index contributed by atoms with van der Waals surface area (Å²) in [5.74, 6) is -2.11. The predicted octanol–water partition coefficient (Wildman–Crippen LogP) is 3.55. The highest BCUT2D eigenvalue weighted by molar-refractivity contribution is 7.91. The molecule has 0 bridgehead atoms. The third-order valence-electron chi connectivity index (χ3n) is 5.86. The summed E-state index contributed by atoms with van der Waals surface area (Å²) in [5.41, 5.74) is 2.50. The molecule has 0 radical (unpaired) electrons. The number of hydrogen-bond donors (Lipinski definition) is 2. The molecule has 0 aliphatic heterocycles. The summed E-state index contributed by atoms with van der Waals surface area (Å²) >= 11 is 1.09. The molecule has 190 valence electrons. The first-order valence-electron chi connectivity index (χ1n) is 11.6. The molecule has 2 amide bonds. The van der Waals surface area contributed by atoms with E-state index in [0.717, 1.165) is 29.7 Å². The summed E-state index contributed by atoms with van der Waals surface area (Å²) < 4.78 is 41.0. The Kier molecular flexibility index (Phi) is 6.98. The summed E-state index contributed by atoms with van der Waals surface area (Å²) in [4.78, 5) is 33.5. The maximum atomic E-state index is 13.5.